The van der Waals surface area contributed by atoms with E-state index >= 15 is 0 Å². The minimum Gasteiger partial charge on any atom is -0.480 e. The van der Waals surface area contributed by atoms with E-state index in [0.29, 0.717) is 17.5 Å². The number of amides is 1. The highest BCUT2D eigenvalue weighted by Crippen LogP contribution is 2.34. The predicted molar refractivity (Wildman–Crippen MR) is 132 cm³/mol. The lowest BCUT2D eigenvalue weighted by Gasteiger charge is -2.36. The molecule has 3 aromatic heterocycles. The molecule has 0 unspecified atom stereocenters. The predicted octanol–water partition coefficient (Wildman–Crippen LogP) is 2.91. The van der Waals surface area contributed by atoms with E-state index in [9.17, 15) is 4.79 Å². The third-order valence-electron chi connectivity index (χ3n) is 6.50. The first-order valence-corrected chi connectivity index (χ1v) is 11.7. The molecule has 1 aromatic carbocycles. The third kappa shape index (κ3) is 4.62. The molecule has 5 rings (SSSR count). The number of carbonyl (C=O) groups excluding carboxylic acids is 1. The van der Waals surface area contributed by atoms with Crippen molar-refractivity contribution in [3.05, 3.63) is 48.1 Å². The Hall–Kier alpha value is -3.76. The fraction of sp³-hybridized carbons (Fsp3) is 0.360. The lowest BCUT2D eigenvalue weighted by atomic mass is 10.00. The topological polar surface area (TPSA) is 126 Å². The molecule has 1 saturated heterocycles. The van der Waals surface area contributed by atoms with Gasteiger partial charge in [-0.15, -0.1) is 0 Å². The molecule has 4 heterocycles. The van der Waals surface area contributed by atoms with Crippen molar-refractivity contribution in [2.75, 3.05) is 33.3 Å². The minimum absolute atomic E-state index is 0.190. The quantitative estimate of drug-likeness (QED) is 0.418. The van der Waals surface area contributed by atoms with Crippen LogP contribution in [0.25, 0.3) is 33.5 Å². The van der Waals surface area contributed by atoms with Crippen LogP contribution in [0.2, 0.25) is 0 Å². The third-order valence-corrected chi connectivity index (χ3v) is 6.50. The molecule has 1 amide bonds. The molecule has 3 N–H and O–H groups in total. The van der Waals surface area contributed by atoms with E-state index in [2.05, 4.69) is 43.8 Å². The summed E-state index contributed by atoms with van der Waals surface area (Å²) in [6.07, 6.45) is 5.19. The number of methoxy groups -OCH3 is 1. The van der Waals surface area contributed by atoms with Crippen LogP contribution in [0.4, 0.5) is 0 Å². The molecule has 1 aliphatic rings. The lowest BCUT2D eigenvalue weighted by Crippen LogP contribution is -2.48. The monoisotopic (exact) mass is 475 g/mol. The zero-order valence-corrected chi connectivity index (χ0v) is 20.1. The van der Waals surface area contributed by atoms with Gasteiger partial charge in [0, 0.05) is 54.9 Å². The maximum Gasteiger partial charge on any atom is 0.254 e. The molecular weight excluding hydrogens is 446 g/mol. The van der Waals surface area contributed by atoms with Crippen molar-refractivity contribution in [1.29, 1.82) is 0 Å². The van der Waals surface area contributed by atoms with Crippen LogP contribution in [-0.2, 0) is 6.54 Å². The highest BCUT2D eigenvalue weighted by atomic mass is 16.5. The molecule has 1 aliphatic heterocycles. The Kier molecular flexibility index (Phi) is 6.23. The smallest absolute Gasteiger partial charge is 0.254 e. The largest absolute Gasteiger partial charge is 0.480 e. The molecule has 0 aliphatic carbocycles. The van der Waals surface area contributed by atoms with Gasteiger partial charge in [-0.05, 0) is 37.6 Å². The van der Waals surface area contributed by atoms with Gasteiger partial charge >= 0.3 is 0 Å². The number of primary amides is 1. The fourth-order valence-electron chi connectivity index (χ4n) is 4.51. The van der Waals surface area contributed by atoms with Crippen molar-refractivity contribution < 1.29 is 13.9 Å². The zero-order valence-electron chi connectivity index (χ0n) is 20.1. The maximum atomic E-state index is 11.9. The molecule has 0 atom stereocenters. The number of hydrogen-bond acceptors (Lipinski definition) is 8. The number of piperazine rings is 1. The van der Waals surface area contributed by atoms with Gasteiger partial charge in [0.15, 0.2) is 0 Å². The van der Waals surface area contributed by atoms with Crippen LogP contribution in [-0.4, -0.2) is 75.2 Å². The van der Waals surface area contributed by atoms with Crippen molar-refractivity contribution in [1.82, 2.24) is 30.0 Å². The summed E-state index contributed by atoms with van der Waals surface area (Å²) >= 11 is 0. The minimum atomic E-state index is -0.606. The molecule has 10 nitrogen and oxygen atoms in total. The van der Waals surface area contributed by atoms with Gasteiger partial charge in [0.1, 0.15) is 11.3 Å². The lowest BCUT2D eigenvalue weighted by molar-refractivity contribution is 0.0991. The number of nitrogens with zero attached hydrogens (tertiary/aromatic N) is 5. The number of nitrogens with one attached hydrogen (secondary N) is 1. The SMILES string of the molecule is COc1ncc(-c2cc(-c3ncc(CN4CCN(C(C)C)CC4)o3)c3cn[nH]c3c2)cc1C(N)=O. The van der Waals surface area contributed by atoms with Crippen LogP contribution in [0.3, 0.4) is 0 Å². The van der Waals surface area contributed by atoms with Crippen molar-refractivity contribution in [3.63, 3.8) is 0 Å². The number of nitrogens with two attached hydrogens (primary N) is 1. The Labute approximate surface area is 203 Å². The summed E-state index contributed by atoms with van der Waals surface area (Å²) in [4.78, 5) is 25.6. The number of H-pyrrole nitrogens is 1. The Balaban J connectivity index is 1.44. The van der Waals surface area contributed by atoms with Crippen LogP contribution < -0.4 is 10.5 Å². The second-order valence-corrected chi connectivity index (χ2v) is 9.04. The molecule has 1 fully saturated rings. The van der Waals surface area contributed by atoms with Gasteiger partial charge in [-0.3, -0.25) is 19.7 Å². The molecule has 182 valence electrons. The summed E-state index contributed by atoms with van der Waals surface area (Å²) in [6, 6.07) is 6.15. The average molecular weight is 476 g/mol. The van der Waals surface area contributed by atoms with Gasteiger partial charge in [-0.25, -0.2) is 9.97 Å². The van der Waals surface area contributed by atoms with E-state index in [1.807, 2.05) is 12.1 Å². The normalized spacial score (nSPS) is 15.2. The molecule has 0 bridgehead atoms. The van der Waals surface area contributed by atoms with Crippen LogP contribution in [0, 0.1) is 0 Å². The molecule has 0 radical (unpaired) electrons. The van der Waals surface area contributed by atoms with Gasteiger partial charge in [-0.2, -0.15) is 5.10 Å². The van der Waals surface area contributed by atoms with Crippen LogP contribution in [0.1, 0.15) is 30.0 Å². The number of oxazole rings is 1. The summed E-state index contributed by atoms with van der Waals surface area (Å²) in [6.45, 7) is 9.31. The number of hydrogen-bond donors (Lipinski definition) is 2. The summed E-state index contributed by atoms with van der Waals surface area (Å²) in [5.41, 5.74) is 8.90. The number of carbonyl (C=O) groups is 1. The van der Waals surface area contributed by atoms with Gasteiger partial charge in [0.2, 0.25) is 11.8 Å². The van der Waals surface area contributed by atoms with E-state index in [0.717, 1.165) is 60.5 Å². The van der Waals surface area contributed by atoms with Gasteiger partial charge in [0.25, 0.3) is 5.91 Å². The van der Waals surface area contributed by atoms with E-state index in [-0.39, 0.29) is 11.4 Å². The Morgan fingerprint density at radius 3 is 2.63 bits per heavy atom. The average Bonchev–Trinajstić information content (AvgIpc) is 3.53. The van der Waals surface area contributed by atoms with Crippen LogP contribution >= 0.6 is 0 Å². The molecule has 35 heavy (non-hydrogen) atoms. The van der Waals surface area contributed by atoms with Crippen LogP contribution in [0.15, 0.2) is 41.2 Å². The first-order valence-electron chi connectivity index (χ1n) is 11.7. The molecule has 4 aromatic rings. The number of rotatable bonds is 7. The molecule has 10 heteroatoms. The van der Waals surface area contributed by atoms with Crippen molar-refractivity contribution in [2.45, 2.75) is 26.4 Å². The highest BCUT2D eigenvalue weighted by molar-refractivity contribution is 5.98. The standard InChI is InChI=1S/C25H29N7O3/c1-15(2)32-6-4-31(5-7-32)14-18-12-28-25(35-18)19-8-16(10-22-21(19)13-29-30-22)17-9-20(23(26)33)24(34-3)27-11-17/h8-13,15H,4-7,14H2,1-3H3,(H2,26,33)(H,29,30). The molecular formula is C25H29N7O3. The number of aromatic nitrogens is 4. The van der Waals surface area contributed by atoms with Crippen LogP contribution in [0.5, 0.6) is 5.88 Å². The zero-order chi connectivity index (χ0) is 24.5. The first kappa shape index (κ1) is 23.0. The molecule has 0 saturated carbocycles. The van der Waals surface area contributed by atoms with E-state index in [1.165, 1.54) is 7.11 Å². The second-order valence-electron chi connectivity index (χ2n) is 9.04. The van der Waals surface area contributed by atoms with E-state index in [4.69, 9.17) is 14.9 Å². The van der Waals surface area contributed by atoms with Gasteiger partial charge in [0.05, 0.1) is 31.6 Å². The summed E-state index contributed by atoms with van der Waals surface area (Å²) in [5, 5.41) is 8.11. The number of fused-ring (bicyclic) bond motifs is 1. The van der Waals surface area contributed by atoms with Gasteiger partial charge < -0.3 is 14.9 Å². The maximum absolute atomic E-state index is 11.9. The Morgan fingerprint density at radius 2 is 1.91 bits per heavy atom. The fourth-order valence-corrected chi connectivity index (χ4v) is 4.51. The summed E-state index contributed by atoms with van der Waals surface area (Å²) in [7, 11) is 1.45. The Bertz CT molecular complexity index is 1350. The number of benzene rings is 1. The number of aromatic amines is 1. The highest BCUT2D eigenvalue weighted by Gasteiger charge is 2.21. The second kappa shape index (κ2) is 9.47. The van der Waals surface area contributed by atoms with Crippen molar-refractivity contribution >= 4 is 16.8 Å². The van der Waals surface area contributed by atoms with Crippen molar-refractivity contribution in [2.24, 2.45) is 5.73 Å². The van der Waals surface area contributed by atoms with E-state index in [1.54, 1.807) is 24.7 Å². The first-order chi connectivity index (χ1) is 16.9. The number of pyridine rings is 1. The number of ether oxygens (including phenoxy) is 1. The summed E-state index contributed by atoms with van der Waals surface area (Å²) in [5.74, 6) is 0.925. The Morgan fingerprint density at radius 1 is 1.11 bits per heavy atom. The van der Waals surface area contributed by atoms with E-state index < -0.39 is 5.91 Å². The molecule has 0 spiro atoms. The summed E-state index contributed by atoms with van der Waals surface area (Å²) < 4.78 is 11.4. The van der Waals surface area contributed by atoms with Gasteiger partial charge in [-0.1, -0.05) is 0 Å². The van der Waals surface area contributed by atoms with Crippen molar-refractivity contribution in [3.8, 4) is 28.5 Å².